The number of carbonyl (C=O) groups is 3. The molecule has 0 spiro atoms. The Balaban J connectivity index is 1.33. The predicted molar refractivity (Wildman–Crippen MR) is 119 cm³/mol. The molecule has 158 valence electrons. The monoisotopic (exact) mass is 415 g/mol. The Morgan fingerprint density at radius 1 is 1.16 bits per heavy atom. The number of rotatable bonds is 2. The molecular formula is C25H25N3O3. The van der Waals surface area contributed by atoms with E-state index in [-0.39, 0.29) is 30.1 Å². The van der Waals surface area contributed by atoms with Crippen LogP contribution in [0.3, 0.4) is 0 Å². The van der Waals surface area contributed by atoms with Crippen LogP contribution < -0.4 is 10.2 Å². The van der Waals surface area contributed by atoms with Crippen molar-refractivity contribution < 1.29 is 14.4 Å². The fourth-order valence-corrected chi connectivity index (χ4v) is 4.89. The molecule has 3 amide bonds. The number of benzene rings is 1. The van der Waals surface area contributed by atoms with Crippen molar-refractivity contribution in [1.29, 1.82) is 0 Å². The van der Waals surface area contributed by atoms with Crippen LogP contribution in [0.15, 0.2) is 58.3 Å². The molecule has 4 aliphatic rings. The lowest BCUT2D eigenvalue weighted by Crippen LogP contribution is -2.35. The highest BCUT2D eigenvalue weighted by molar-refractivity contribution is 6.13. The third kappa shape index (κ3) is 3.46. The number of aliphatic imine (C=N–C) groups is 1. The van der Waals surface area contributed by atoms with Gasteiger partial charge in [-0.2, -0.15) is 0 Å². The third-order valence-electron chi connectivity index (χ3n) is 6.78. The molecule has 1 saturated heterocycles. The molecule has 1 aromatic rings. The quantitative estimate of drug-likeness (QED) is 0.805. The minimum absolute atomic E-state index is 0.0265. The van der Waals surface area contributed by atoms with Gasteiger partial charge in [-0.3, -0.25) is 14.4 Å². The van der Waals surface area contributed by atoms with Gasteiger partial charge in [0.05, 0.1) is 11.6 Å². The summed E-state index contributed by atoms with van der Waals surface area (Å²) in [4.78, 5) is 43.7. The Hall–Kier alpha value is -3.28. The molecule has 5 rings (SSSR count). The zero-order chi connectivity index (χ0) is 21.7. The first-order valence-corrected chi connectivity index (χ1v) is 10.8. The van der Waals surface area contributed by atoms with Crippen LogP contribution in [0, 0.1) is 25.7 Å². The standard InChI is InChI=1S/C25H25N3O3/c1-14-6-8-18(10-15(14)2)28-13-16(11-23(28)29)24(30)26-17-7-9-20-19-4-3-5-21(19)25(31)27-22(20)12-17/h6-10,12,16,20H,3-5,11,13H2,1-2H3,(H,27,31). The zero-order valence-electron chi connectivity index (χ0n) is 17.8. The topological polar surface area (TPSA) is 78.8 Å². The van der Waals surface area contributed by atoms with E-state index in [0.29, 0.717) is 12.3 Å². The van der Waals surface area contributed by atoms with Gasteiger partial charge in [0, 0.05) is 35.8 Å². The van der Waals surface area contributed by atoms with Crippen molar-refractivity contribution in [2.75, 3.05) is 11.4 Å². The molecule has 1 fully saturated rings. The Kier molecular flexibility index (Phi) is 4.73. The molecule has 6 nitrogen and oxygen atoms in total. The Bertz CT molecular complexity index is 1140. The van der Waals surface area contributed by atoms with Crippen molar-refractivity contribution in [3.8, 4) is 0 Å². The van der Waals surface area contributed by atoms with Gasteiger partial charge in [-0.1, -0.05) is 12.1 Å². The van der Waals surface area contributed by atoms with Crippen LogP contribution in [0.2, 0.25) is 0 Å². The largest absolute Gasteiger partial charge is 0.325 e. The maximum Gasteiger partial charge on any atom is 0.251 e. The molecular weight excluding hydrogens is 390 g/mol. The molecule has 2 aliphatic heterocycles. The molecule has 0 bridgehead atoms. The minimum atomic E-state index is -0.462. The summed E-state index contributed by atoms with van der Waals surface area (Å²) in [5, 5.41) is 2.97. The molecule has 0 aromatic heterocycles. The van der Waals surface area contributed by atoms with E-state index in [1.165, 1.54) is 11.1 Å². The van der Waals surface area contributed by atoms with E-state index in [4.69, 9.17) is 0 Å². The van der Waals surface area contributed by atoms with E-state index in [2.05, 4.69) is 10.3 Å². The summed E-state index contributed by atoms with van der Waals surface area (Å²) in [5.74, 6) is -0.757. The number of nitrogens with one attached hydrogen (secondary N) is 1. The van der Waals surface area contributed by atoms with E-state index in [9.17, 15) is 14.4 Å². The van der Waals surface area contributed by atoms with E-state index >= 15 is 0 Å². The van der Waals surface area contributed by atoms with E-state index in [1.807, 2.05) is 44.2 Å². The molecule has 1 N–H and O–H groups in total. The summed E-state index contributed by atoms with van der Waals surface area (Å²) in [6, 6.07) is 5.90. The fraction of sp³-hybridized carbons (Fsp3) is 0.360. The van der Waals surface area contributed by atoms with Gasteiger partial charge >= 0.3 is 0 Å². The zero-order valence-corrected chi connectivity index (χ0v) is 17.8. The summed E-state index contributed by atoms with van der Waals surface area (Å²) >= 11 is 0. The van der Waals surface area contributed by atoms with Gasteiger partial charge < -0.3 is 10.2 Å². The van der Waals surface area contributed by atoms with E-state index in [0.717, 1.165) is 41.8 Å². The number of amides is 3. The molecule has 0 saturated carbocycles. The number of nitrogens with zero attached hydrogens (tertiary/aromatic N) is 2. The molecule has 2 unspecified atom stereocenters. The molecule has 2 heterocycles. The van der Waals surface area contributed by atoms with Crippen LogP contribution in [-0.4, -0.2) is 30.0 Å². The molecule has 0 radical (unpaired) electrons. The highest BCUT2D eigenvalue weighted by atomic mass is 16.2. The number of carbonyl (C=O) groups excluding carboxylic acids is 3. The van der Waals surface area contributed by atoms with E-state index in [1.54, 1.807) is 11.0 Å². The summed E-state index contributed by atoms with van der Waals surface area (Å²) in [6.45, 7) is 4.38. The average molecular weight is 415 g/mol. The normalized spacial score (nSPS) is 26.2. The fourth-order valence-electron chi connectivity index (χ4n) is 4.89. The Morgan fingerprint density at radius 2 is 2.00 bits per heavy atom. The minimum Gasteiger partial charge on any atom is -0.325 e. The first-order chi connectivity index (χ1) is 14.9. The van der Waals surface area contributed by atoms with Crippen LogP contribution in [0.5, 0.6) is 0 Å². The second kappa shape index (κ2) is 7.45. The lowest BCUT2D eigenvalue weighted by molar-refractivity contribution is -0.123. The van der Waals surface area contributed by atoms with Crippen molar-refractivity contribution in [3.63, 3.8) is 0 Å². The highest BCUT2D eigenvalue weighted by Gasteiger charge is 2.36. The summed E-state index contributed by atoms with van der Waals surface area (Å²) in [6.07, 6.45) is 8.62. The van der Waals surface area contributed by atoms with Gasteiger partial charge in [0.25, 0.3) is 11.8 Å². The van der Waals surface area contributed by atoms with Gasteiger partial charge in [0.1, 0.15) is 0 Å². The van der Waals surface area contributed by atoms with Crippen molar-refractivity contribution in [2.45, 2.75) is 39.5 Å². The lowest BCUT2D eigenvalue weighted by Gasteiger charge is -2.28. The molecule has 1 aromatic carbocycles. The second-order valence-corrected chi connectivity index (χ2v) is 8.80. The van der Waals surface area contributed by atoms with Crippen molar-refractivity contribution >= 4 is 29.1 Å². The van der Waals surface area contributed by atoms with Gasteiger partial charge in [-0.15, -0.1) is 0 Å². The Morgan fingerprint density at radius 3 is 2.81 bits per heavy atom. The van der Waals surface area contributed by atoms with Crippen molar-refractivity contribution in [3.05, 3.63) is 64.4 Å². The molecule has 31 heavy (non-hydrogen) atoms. The van der Waals surface area contributed by atoms with Crippen LogP contribution in [0.1, 0.15) is 36.8 Å². The van der Waals surface area contributed by atoms with Gasteiger partial charge in [0.15, 0.2) is 0 Å². The van der Waals surface area contributed by atoms with Gasteiger partial charge in [-0.25, -0.2) is 4.99 Å². The first kappa shape index (κ1) is 19.7. The number of aryl methyl sites for hydroxylation is 2. The molecule has 2 atom stereocenters. The summed E-state index contributed by atoms with van der Waals surface area (Å²) in [5.41, 5.74) is 6.53. The van der Waals surface area contributed by atoms with Gasteiger partial charge in [0.2, 0.25) is 5.91 Å². The number of hydrogen-bond acceptors (Lipinski definition) is 3. The molecule has 2 aliphatic carbocycles. The summed E-state index contributed by atoms with van der Waals surface area (Å²) in [7, 11) is 0. The van der Waals surface area contributed by atoms with Crippen LogP contribution in [0.4, 0.5) is 5.69 Å². The number of hydrogen-bond donors (Lipinski definition) is 1. The van der Waals surface area contributed by atoms with Crippen LogP contribution in [0.25, 0.3) is 0 Å². The first-order valence-electron chi connectivity index (χ1n) is 10.8. The smallest absolute Gasteiger partial charge is 0.251 e. The predicted octanol–water partition coefficient (Wildman–Crippen LogP) is 3.30. The van der Waals surface area contributed by atoms with Crippen molar-refractivity contribution in [1.82, 2.24) is 5.32 Å². The van der Waals surface area contributed by atoms with Crippen LogP contribution >= 0.6 is 0 Å². The average Bonchev–Trinajstić information content (AvgIpc) is 3.38. The SMILES string of the molecule is Cc1ccc(N2CC(C(=O)N=C3C=CC4C(=C3)NC(=O)C3=C4CCC3)CC2=O)cc1C. The maximum atomic E-state index is 12.8. The second-order valence-electron chi connectivity index (χ2n) is 8.80. The maximum absolute atomic E-state index is 12.8. The number of allylic oxidation sites excluding steroid dienone is 3. The number of fused-ring (bicyclic) bond motifs is 2. The number of anilines is 1. The highest BCUT2D eigenvalue weighted by Crippen LogP contribution is 2.39. The van der Waals surface area contributed by atoms with Gasteiger partial charge in [-0.05, 0) is 74.1 Å². The third-order valence-corrected chi connectivity index (χ3v) is 6.78. The van der Waals surface area contributed by atoms with Crippen molar-refractivity contribution in [2.24, 2.45) is 16.8 Å². The Labute approximate surface area is 181 Å². The summed E-state index contributed by atoms with van der Waals surface area (Å²) < 4.78 is 0. The lowest BCUT2D eigenvalue weighted by atomic mass is 9.85. The van der Waals surface area contributed by atoms with Crippen LogP contribution in [-0.2, 0) is 14.4 Å². The molecule has 6 heteroatoms. The van der Waals surface area contributed by atoms with E-state index < -0.39 is 5.92 Å².